The third-order valence-corrected chi connectivity index (χ3v) is 3.76. The van der Waals surface area contributed by atoms with Gasteiger partial charge in [0.25, 0.3) is 0 Å². The zero-order valence-corrected chi connectivity index (χ0v) is 12.8. The average molecular weight is 329 g/mol. The highest BCUT2D eigenvalue weighted by molar-refractivity contribution is 5.73. The van der Waals surface area contributed by atoms with Gasteiger partial charge in [-0.05, 0) is 17.2 Å². The van der Waals surface area contributed by atoms with Gasteiger partial charge in [-0.15, -0.1) is 0 Å². The van der Waals surface area contributed by atoms with Crippen molar-refractivity contribution in [3.63, 3.8) is 0 Å². The molecule has 3 rings (SSSR count). The molecule has 0 spiro atoms. The van der Waals surface area contributed by atoms with Gasteiger partial charge in [-0.25, -0.2) is 0 Å². The summed E-state index contributed by atoms with van der Waals surface area (Å²) in [4.78, 5) is 12.8. The second-order valence-electron chi connectivity index (χ2n) is 5.49. The Kier molecular flexibility index (Phi) is 4.01. The number of hydrogen-bond donors (Lipinski definition) is 0. The molecule has 2 aromatic carbocycles. The van der Waals surface area contributed by atoms with Gasteiger partial charge in [0.1, 0.15) is 0 Å². The second kappa shape index (κ2) is 6.00. The van der Waals surface area contributed by atoms with Gasteiger partial charge in [-0.2, -0.15) is 13.2 Å². The Hall–Kier alpha value is -2.82. The van der Waals surface area contributed by atoms with Gasteiger partial charge >= 0.3 is 6.18 Å². The predicted octanol–water partition coefficient (Wildman–Crippen LogP) is 4.74. The van der Waals surface area contributed by atoms with Crippen LogP contribution in [0.1, 0.15) is 5.56 Å². The molecule has 0 amide bonds. The molecule has 0 aliphatic carbocycles. The van der Waals surface area contributed by atoms with Crippen molar-refractivity contribution in [2.24, 2.45) is 7.05 Å². The number of pyridine rings is 1. The molecule has 0 aliphatic heterocycles. The van der Waals surface area contributed by atoms with E-state index in [1.54, 1.807) is 42.1 Å². The summed E-state index contributed by atoms with van der Waals surface area (Å²) in [5, 5.41) is 0. The first kappa shape index (κ1) is 16.1. The van der Waals surface area contributed by atoms with Crippen molar-refractivity contribution in [3.8, 4) is 22.3 Å². The Morgan fingerprint density at radius 2 is 1.38 bits per heavy atom. The highest BCUT2D eigenvalue weighted by Crippen LogP contribution is 2.36. The third kappa shape index (κ3) is 2.97. The van der Waals surface area contributed by atoms with Gasteiger partial charge in [-0.3, -0.25) is 4.79 Å². The molecule has 5 heteroatoms. The van der Waals surface area contributed by atoms with Gasteiger partial charge < -0.3 is 4.57 Å². The molecule has 0 atom stereocenters. The fraction of sp³-hybridized carbons (Fsp3) is 0.105. The van der Waals surface area contributed by atoms with Gasteiger partial charge in [0.2, 0.25) is 0 Å². The van der Waals surface area contributed by atoms with Gasteiger partial charge in [0, 0.05) is 30.6 Å². The van der Waals surface area contributed by atoms with Crippen LogP contribution in [0.2, 0.25) is 0 Å². The smallest absolute Gasteiger partial charge is 0.356 e. The monoisotopic (exact) mass is 329 g/mol. The number of hydrogen-bond acceptors (Lipinski definition) is 1. The van der Waals surface area contributed by atoms with E-state index in [0.29, 0.717) is 11.1 Å². The van der Waals surface area contributed by atoms with Crippen LogP contribution < -0.4 is 5.43 Å². The highest BCUT2D eigenvalue weighted by atomic mass is 19.4. The van der Waals surface area contributed by atoms with Crippen LogP contribution in [0.3, 0.4) is 0 Å². The van der Waals surface area contributed by atoms with Crippen LogP contribution in [-0.4, -0.2) is 4.57 Å². The molecule has 122 valence electrons. The van der Waals surface area contributed by atoms with Crippen molar-refractivity contribution >= 4 is 0 Å². The standard InChI is InChI=1S/C19H14F3NO/c1-23-11-15(13-7-3-2-4-8-13)18(24)16(12-23)14-9-5-6-10-17(14)19(20,21)22/h2-12H,1H3. The summed E-state index contributed by atoms with van der Waals surface area (Å²) in [7, 11) is 1.69. The lowest BCUT2D eigenvalue weighted by Crippen LogP contribution is -2.15. The van der Waals surface area contributed by atoms with Crippen LogP contribution in [0.25, 0.3) is 22.3 Å². The molecule has 0 bridgehead atoms. The molecule has 0 saturated heterocycles. The lowest BCUT2D eigenvalue weighted by molar-refractivity contribution is -0.137. The second-order valence-corrected chi connectivity index (χ2v) is 5.49. The number of benzene rings is 2. The number of aromatic nitrogens is 1. The van der Waals surface area contributed by atoms with E-state index in [0.717, 1.165) is 6.07 Å². The number of rotatable bonds is 2. The SMILES string of the molecule is Cn1cc(-c2ccccc2)c(=O)c(-c2ccccc2C(F)(F)F)c1. The van der Waals surface area contributed by atoms with Crippen LogP contribution in [-0.2, 0) is 13.2 Å². The summed E-state index contributed by atoms with van der Waals surface area (Å²) >= 11 is 0. The maximum atomic E-state index is 13.3. The van der Waals surface area contributed by atoms with Crippen LogP contribution in [0, 0.1) is 0 Å². The summed E-state index contributed by atoms with van der Waals surface area (Å²) in [6.07, 6.45) is -1.47. The average Bonchev–Trinajstić information content (AvgIpc) is 2.56. The van der Waals surface area contributed by atoms with Gasteiger partial charge in [0.05, 0.1) is 5.56 Å². The van der Waals surface area contributed by atoms with Crippen molar-refractivity contribution in [2.75, 3.05) is 0 Å². The van der Waals surface area contributed by atoms with Gasteiger partial charge in [0.15, 0.2) is 5.43 Å². The molecule has 0 fully saturated rings. The number of halogens is 3. The van der Waals surface area contributed by atoms with E-state index in [9.17, 15) is 18.0 Å². The van der Waals surface area contributed by atoms with E-state index in [4.69, 9.17) is 0 Å². The van der Waals surface area contributed by atoms with Crippen molar-refractivity contribution in [3.05, 3.63) is 82.8 Å². The minimum Gasteiger partial charge on any atom is -0.356 e. The van der Waals surface area contributed by atoms with Crippen LogP contribution in [0.5, 0.6) is 0 Å². The summed E-state index contributed by atoms with van der Waals surface area (Å²) in [6, 6.07) is 14.0. The molecule has 1 aromatic heterocycles. The summed E-state index contributed by atoms with van der Waals surface area (Å²) in [5.41, 5.74) is -0.268. The fourth-order valence-electron chi connectivity index (χ4n) is 2.69. The highest BCUT2D eigenvalue weighted by Gasteiger charge is 2.34. The lowest BCUT2D eigenvalue weighted by atomic mass is 9.97. The van der Waals surface area contributed by atoms with E-state index in [-0.39, 0.29) is 11.1 Å². The van der Waals surface area contributed by atoms with Gasteiger partial charge in [-0.1, -0.05) is 48.5 Å². The van der Waals surface area contributed by atoms with Crippen molar-refractivity contribution in [1.82, 2.24) is 4.57 Å². The molecule has 0 N–H and O–H groups in total. The number of nitrogens with zero attached hydrogens (tertiary/aromatic N) is 1. The maximum absolute atomic E-state index is 13.3. The predicted molar refractivity (Wildman–Crippen MR) is 87.6 cm³/mol. The molecule has 0 unspecified atom stereocenters. The Morgan fingerprint density at radius 1 is 0.792 bits per heavy atom. The first-order chi connectivity index (χ1) is 11.4. The molecule has 3 aromatic rings. The molecule has 0 aliphatic rings. The Balaban J connectivity index is 2.29. The molecule has 2 nitrogen and oxygen atoms in total. The first-order valence-corrected chi connectivity index (χ1v) is 7.30. The number of aryl methyl sites for hydroxylation is 1. The Morgan fingerprint density at radius 3 is 2.04 bits per heavy atom. The fourth-order valence-corrected chi connectivity index (χ4v) is 2.69. The van der Waals surface area contributed by atoms with E-state index >= 15 is 0 Å². The maximum Gasteiger partial charge on any atom is 0.417 e. The molecule has 0 saturated carbocycles. The molecule has 1 heterocycles. The first-order valence-electron chi connectivity index (χ1n) is 7.30. The van der Waals surface area contributed by atoms with Crippen LogP contribution >= 0.6 is 0 Å². The normalized spacial score (nSPS) is 11.5. The zero-order valence-electron chi connectivity index (χ0n) is 12.8. The molecular formula is C19H14F3NO. The van der Waals surface area contributed by atoms with Crippen LogP contribution in [0.4, 0.5) is 13.2 Å². The van der Waals surface area contributed by atoms with E-state index in [1.807, 2.05) is 6.07 Å². The minimum absolute atomic E-state index is 0.0341. The number of alkyl halides is 3. The minimum atomic E-state index is -4.52. The largest absolute Gasteiger partial charge is 0.417 e. The van der Waals surface area contributed by atoms with E-state index in [1.165, 1.54) is 24.4 Å². The topological polar surface area (TPSA) is 22.0 Å². The van der Waals surface area contributed by atoms with Crippen molar-refractivity contribution in [2.45, 2.75) is 6.18 Å². The molecular weight excluding hydrogens is 315 g/mol. The van der Waals surface area contributed by atoms with Crippen molar-refractivity contribution in [1.29, 1.82) is 0 Å². The van der Waals surface area contributed by atoms with Crippen LogP contribution in [0.15, 0.2) is 71.8 Å². The molecule has 24 heavy (non-hydrogen) atoms. The Labute approximate surface area is 136 Å². The summed E-state index contributed by atoms with van der Waals surface area (Å²) in [6.45, 7) is 0. The van der Waals surface area contributed by atoms with E-state index in [2.05, 4.69) is 0 Å². The Bertz CT molecular complexity index is 927. The zero-order chi connectivity index (χ0) is 17.3. The van der Waals surface area contributed by atoms with Crippen molar-refractivity contribution < 1.29 is 13.2 Å². The summed E-state index contributed by atoms with van der Waals surface area (Å²) in [5.74, 6) is 0. The summed E-state index contributed by atoms with van der Waals surface area (Å²) < 4.78 is 41.4. The quantitative estimate of drug-likeness (QED) is 0.666. The molecule has 0 radical (unpaired) electrons. The van der Waals surface area contributed by atoms with E-state index < -0.39 is 17.2 Å². The lowest BCUT2D eigenvalue weighted by Gasteiger charge is -2.14. The third-order valence-electron chi connectivity index (χ3n) is 3.76.